The van der Waals surface area contributed by atoms with Crippen LogP contribution in [0.25, 0.3) is 0 Å². The zero-order valence-corrected chi connectivity index (χ0v) is 11.0. The van der Waals surface area contributed by atoms with E-state index in [0.717, 1.165) is 0 Å². The Hall–Kier alpha value is -1.86. The van der Waals surface area contributed by atoms with Crippen molar-refractivity contribution in [1.82, 2.24) is 0 Å². The highest BCUT2D eigenvalue weighted by molar-refractivity contribution is 5.64. The van der Waals surface area contributed by atoms with E-state index in [1.165, 1.54) is 12.1 Å². The fraction of sp³-hybridized carbons (Fsp3) is 0.500. The molecule has 0 saturated carbocycles. The van der Waals surface area contributed by atoms with Gasteiger partial charge in [0.15, 0.2) is 0 Å². The summed E-state index contributed by atoms with van der Waals surface area (Å²) in [4.78, 5) is 10.4. The molecule has 0 heterocycles. The number of nitro groups is 1. The molecule has 0 atom stereocenters. The Labute approximate surface area is 111 Å². The fourth-order valence-corrected chi connectivity index (χ4v) is 1.68. The number of hydrogen-bond acceptors (Lipinski definition) is 6. The molecule has 0 radical (unpaired) electrons. The summed E-state index contributed by atoms with van der Waals surface area (Å²) in [6.45, 7) is 1.28. The van der Waals surface area contributed by atoms with E-state index < -0.39 is 10.5 Å². The number of non-ortho nitro benzene ring substituents is 1. The maximum Gasteiger partial charge on any atom is 0.273 e. The molecule has 0 unspecified atom stereocenters. The van der Waals surface area contributed by atoms with Crippen LogP contribution in [0.15, 0.2) is 18.2 Å². The number of aliphatic hydroxyl groups is 2. The Balaban J connectivity index is 3.12. The minimum atomic E-state index is -0.889. The number of nitro benzene ring substituents is 1. The second kappa shape index (κ2) is 6.35. The van der Waals surface area contributed by atoms with Crippen molar-refractivity contribution < 1.29 is 15.1 Å². The molecule has 1 aromatic rings. The number of rotatable bonds is 7. The molecule has 0 spiro atoms. The van der Waals surface area contributed by atoms with Crippen LogP contribution in [0.2, 0.25) is 0 Å². The topological polar surface area (TPSA) is 108 Å². The highest BCUT2D eigenvalue weighted by Crippen LogP contribution is 2.27. The summed E-state index contributed by atoms with van der Waals surface area (Å²) >= 11 is 0. The van der Waals surface area contributed by atoms with E-state index in [0.29, 0.717) is 17.8 Å². The second-order valence-corrected chi connectivity index (χ2v) is 4.35. The smallest absolute Gasteiger partial charge is 0.273 e. The molecule has 106 valence electrons. The van der Waals surface area contributed by atoms with Gasteiger partial charge in [-0.1, -0.05) is 6.92 Å². The summed E-state index contributed by atoms with van der Waals surface area (Å²) in [6.07, 6.45) is 0.484. The van der Waals surface area contributed by atoms with Gasteiger partial charge in [-0.2, -0.15) is 0 Å². The molecular formula is C12H19N3O4. The first-order chi connectivity index (χ1) is 9.00. The van der Waals surface area contributed by atoms with Gasteiger partial charge in [0, 0.05) is 30.6 Å². The van der Waals surface area contributed by atoms with Crippen molar-refractivity contribution in [2.45, 2.75) is 18.9 Å². The Bertz CT molecular complexity index is 438. The van der Waals surface area contributed by atoms with E-state index in [1.807, 2.05) is 6.92 Å². The van der Waals surface area contributed by atoms with Gasteiger partial charge in [0.2, 0.25) is 0 Å². The average molecular weight is 269 g/mol. The van der Waals surface area contributed by atoms with Crippen LogP contribution in [-0.2, 0) is 0 Å². The van der Waals surface area contributed by atoms with Gasteiger partial charge in [0.25, 0.3) is 5.69 Å². The van der Waals surface area contributed by atoms with E-state index in [9.17, 15) is 20.3 Å². The summed E-state index contributed by atoms with van der Waals surface area (Å²) in [7, 11) is 1.66. The van der Waals surface area contributed by atoms with Crippen molar-refractivity contribution in [2.24, 2.45) is 0 Å². The quantitative estimate of drug-likeness (QED) is 0.437. The van der Waals surface area contributed by atoms with Crippen molar-refractivity contribution in [2.75, 3.05) is 30.9 Å². The first kappa shape index (κ1) is 15.2. The van der Waals surface area contributed by atoms with Crippen LogP contribution in [-0.4, -0.2) is 40.9 Å². The molecule has 0 aliphatic heterocycles. The normalized spacial score (nSPS) is 11.2. The summed E-state index contributed by atoms with van der Waals surface area (Å²) < 4.78 is 0. The maximum atomic E-state index is 10.8. The summed E-state index contributed by atoms with van der Waals surface area (Å²) in [5, 5.41) is 35.4. The molecule has 0 aromatic heterocycles. The van der Waals surface area contributed by atoms with Crippen LogP contribution >= 0.6 is 0 Å². The molecule has 0 aliphatic rings. The fourth-order valence-electron chi connectivity index (χ4n) is 1.68. The minimum Gasteiger partial charge on any atom is -0.394 e. The molecule has 1 aromatic carbocycles. The van der Waals surface area contributed by atoms with Gasteiger partial charge < -0.3 is 20.8 Å². The van der Waals surface area contributed by atoms with Gasteiger partial charge in [-0.25, -0.2) is 0 Å². The Morgan fingerprint density at radius 2 is 1.84 bits per heavy atom. The van der Waals surface area contributed by atoms with Crippen LogP contribution in [0.1, 0.15) is 13.3 Å². The lowest BCUT2D eigenvalue weighted by Gasteiger charge is -2.31. The second-order valence-electron chi connectivity index (χ2n) is 4.35. The monoisotopic (exact) mass is 269 g/mol. The molecule has 1 rings (SSSR count). The Morgan fingerprint density at radius 3 is 2.26 bits per heavy atom. The van der Waals surface area contributed by atoms with Crippen LogP contribution in [0.3, 0.4) is 0 Å². The average Bonchev–Trinajstić information content (AvgIpc) is 2.44. The first-order valence-corrected chi connectivity index (χ1v) is 5.97. The third kappa shape index (κ3) is 3.55. The maximum absolute atomic E-state index is 10.8. The standard InChI is InChI=1S/C12H19N3O4/c1-3-12(7-16,8-17)14-10-4-9(13-2)5-11(6-10)15(18)19/h4-6,13-14,16-17H,3,7-8H2,1-2H3. The summed E-state index contributed by atoms with van der Waals surface area (Å²) in [6, 6.07) is 4.47. The van der Waals surface area contributed by atoms with Gasteiger partial charge in [-0.15, -0.1) is 0 Å². The van der Waals surface area contributed by atoms with E-state index in [4.69, 9.17) is 0 Å². The molecule has 0 fully saturated rings. The SMILES string of the molecule is CCC(CO)(CO)Nc1cc(NC)cc([N+](=O)[O-])c1. The van der Waals surface area contributed by atoms with E-state index >= 15 is 0 Å². The molecule has 7 nitrogen and oxygen atoms in total. The zero-order valence-electron chi connectivity index (χ0n) is 11.0. The highest BCUT2D eigenvalue weighted by Gasteiger charge is 2.27. The molecule has 0 bridgehead atoms. The number of anilines is 2. The third-order valence-electron chi connectivity index (χ3n) is 3.11. The predicted octanol–water partition coefficient (Wildman–Crippen LogP) is 1.18. The van der Waals surface area contributed by atoms with Gasteiger partial charge in [0.1, 0.15) is 0 Å². The van der Waals surface area contributed by atoms with E-state index in [2.05, 4.69) is 10.6 Å². The van der Waals surface area contributed by atoms with Crippen LogP contribution < -0.4 is 10.6 Å². The van der Waals surface area contributed by atoms with E-state index in [1.54, 1.807) is 13.1 Å². The highest BCUT2D eigenvalue weighted by atomic mass is 16.6. The van der Waals surface area contributed by atoms with Crippen molar-refractivity contribution >= 4 is 17.1 Å². The predicted molar refractivity (Wildman–Crippen MR) is 73.5 cm³/mol. The molecule has 19 heavy (non-hydrogen) atoms. The number of aliphatic hydroxyl groups excluding tert-OH is 2. The summed E-state index contributed by atoms with van der Waals surface area (Å²) in [5.74, 6) is 0. The number of nitrogens with one attached hydrogen (secondary N) is 2. The minimum absolute atomic E-state index is 0.0600. The molecule has 0 aliphatic carbocycles. The largest absolute Gasteiger partial charge is 0.394 e. The van der Waals surface area contributed by atoms with Crippen molar-refractivity contribution in [3.63, 3.8) is 0 Å². The Kier molecular flexibility index (Phi) is 5.08. The molecular weight excluding hydrogens is 250 g/mol. The van der Waals surface area contributed by atoms with Crippen LogP contribution in [0.5, 0.6) is 0 Å². The lowest BCUT2D eigenvalue weighted by Crippen LogP contribution is -2.45. The molecule has 0 amide bonds. The van der Waals surface area contributed by atoms with Gasteiger partial charge in [0.05, 0.1) is 23.7 Å². The third-order valence-corrected chi connectivity index (χ3v) is 3.11. The van der Waals surface area contributed by atoms with Crippen LogP contribution in [0, 0.1) is 10.1 Å². The van der Waals surface area contributed by atoms with Crippen molar-refractivity contribution in [1.29, 1.82) is 0 Å². The summed E-state index contributed by atoms with van der Waals surface area (Å²) in [5.41, 5.74) is 0.108. The van der Waals surface area contributed by atoms with Gasteiger partial charge >= 0.3 is 0 Å². The van der Waals surface area contributed by atoms with Crippen molar-refractivity contribution in [3.05, 3.63) is 28.3 Å². The van der Waals surface area contributed by atoms with E-state index in [-0.39, 0.29) is 18.9 Å². The molecule has 7 heteroatoms. The number of benzene rings is 1. The number of hydrogen-bond donors (Lipinski definition) is 4. The molecule has 4 N–H and O–H groups in total. The lowest BCUT2D eigenvalue weighted by atomic mass is 9.98. The van der Waals surface area contributed by atoms with Gasteiger partial charge in [-0.3, -0.25) is 10.1 Å². The Morgan fingerprint density at radius 1 is 1.26 bits per heavy atom. The van der Waals surface area contributed by atoms with Crippen molar-refractivity contribution in [3.8, 4) is 0 Å². The molecule has 0 saturated heterocycles. The number of nitrogens with zero attached hydrogens (tertiary/aromatic N) is 1. The lowest BCUT2D eigenvalue weighted by molar-refractivity contribution is -0.384. The zero-order chi connectivity index (χ0) is 14.5. The van der Waals surface area contributed by atoms with Gasteiger partial charge in [-0.05, 0) is 12.5 Å². The van der Waals surface area contributed by atoms with Crippen LogP contribution in [0.4, 0.5) is 17.1 Å². The first-order valence-electron chi connectivity index (χ1n) is 5.97.